The molecule has 1 atom stereocenters. The van der Waals surface area contributed by atoms with Crippen molar-refractivity contribution < 1.29 is 14.6 Å². The molecule has 0 aliphatic heterocycles. The SMILES string of the molecule is COC(CNC(C)c1cc(C)ccc1O)OC. The third-order valence-corrected chi connectivity index (χ3v) is 2.77. The van der Waals surface area contributed by atoms with Crippen LogP contribution in [-0.4, -0.2) is 32.2 Å². The monoisotopic (exact) mass is 239 g/mol. The average molecular weight is 239 g/mol. The highest BCUT2D eigenvalue weighted by Crippen LogP contribution is 2.24. The van der Waals surface area contributed by atoms with Crippen LogP contribution >= 0.6 is 0 Å². The second kappa shape index (κ2) is 6.59. The van der Waals surface area contributed by atoms with Crippen molar-refractivity contribution in [2.75, 3.05) is 20.8 Å². The molecule has 0 aliphatic carbocycles. The van der Waals surface area contributed by atoms with Gasteiger partial charge >= 0.3 is 0 Å². The van der Waals surface area contributed by atoms with E-state index in [1.54, 1.807) is 20.3 Å². The third kappa shape index (κ3) is 4.00. The topological polar surface area (TPSA) is 50.7 Å². The van der Waals surface area contributed by atoms with E-state index in [1.165, 1.54) is 0 Å². The average Bonchev–Trinajstić information content (AvgIpc) is 2.33. The number of aryl methyl sites for hydroxylation is 1. The molecule has 1 aromatic rings. The fraction of sp³-hybridized carbons (Fsp3) is 0.538. The van der Waals surface area contributed by atoms with E-state index in [0.29, 0.717) is 12.3 Å². The van der Waals surface area contributed by atoms with E-state index in [0.717, 1.165) is 11.1 Å². The highest BCUT2D eigenvalue weighted by atomic mass is 16.7. The van der Waals surface area contributed by atoms with Gasteiger partial charge in [-0.3, -0.25) is 0 Å². The van der Waals surface area contributed by atoms with Gasteiger partial charge in [-0.2, -0.15) is 0 Å². The van der Waals surface area contributed by atoms with E-state index >= 15 is 0 Å². The molecule has 0 amide bonds. The van der Waals surface area contributed by atoms with Gasteiger partial charge in [-0.15, -0.1) is 0 Å². The molecule has 0 aliphatic rings. The Morgan fingerprint density at radius 3 is 2.53 bits per heavy atom. The van der Waals surface area contributed by atoms with Gasteiger partial charge in [0.25, 0.3) is 0 Å². The summed E-state index contributed by atoms with van der Waals surface area (Å²) >= 11 is 0. The van der Waals surface area contributed by atoms with E-state index in [2.05, 4.69) is 5.32 Å². The quantitative estimate of drug-likeness (QED) is 0.745. The standard InChI is InChI=1S/C13H21NO3/c1-9-5-6-12(15)11(7-9)10(2)14-8-13(16-3)17-4/h5-7,10,13-15H,8H2,1-4H3. The van der Waals surface area contributed by atoms with Crippen LogP contribution in [0.15, 0.2) is 18.2 Å². The molecule has 0 saturated carbocycles. The predicted molar refractivity (Wildman–Crippen MR) is 67.1 cm³/mol. The number of methoxy groups -OCH3 is 2. The first-order chi connectivity index (χ1) is 8.08. The molecule has 4 nitrogen and oxygen atoms in total. The summed E-state index contributed by atoms with van der Waals surface area (Å²) in [7, 11) is 3.20. The molecule has 0 saturated heterocycles. The fourth-order valence-corrected chi connectivity index (χ4v) is 1.67. The normalized spacial score (nSPS) is 13.0. The van der Waals surface area contributed by atoms with E-state index in [4.69, 9.17) is 9.47 Å². The molecular weight excluding hydrogens is 218 g/mol. The van der Waals surface area contributed by atoms with Crippen LogP contribution < -0.4 is 5.32 Å². The van der Waals surface area contributed by atoms with Gasteiger partial charge in [0.05, 0.1) is 0 Å². The van der Waals surface area contributed by atoms with Crippen LogP contribution in [0, 0.1) is 6.92 Å². The largest absolute Gasteiger partial charge is 0.508 e. The van der Waals surface area contributed by atoms with Gasteiger partial charge in [-0.25, -0.2) is 0 Å². The Kier molecular flexibility index (Phi) is 5.41. The van der Waals surface area contributed by atoms with E-state index in [9.17, 15) is 5.11 Å². The second-order valence-electron chi connectivity index (χ2n) is 4.09. The summed E-state index contributed by atoms with van der Waals surface area (Å²) in [6.45, 7) is 4.57. The number of rotatable bonds is 6. The van der Waals surface area contributed by atoms with Gasteiger partial charge in [0.2, 0.25) is 0 Å². The Labute approximate surface area is 103 Å². The highest BCUT2D eigenvalue weighted by molar-refractivity contribution is 5.37. The first-order valence-corrected chi connectivity index (χ1v) is 5.67. The molecule has 1 rings (SSSR count). The summed E-state index contributed by atoms with van der Waals surface area (Å²) in [6.07, 6.45) is -0.274. The molecule has 1 aromatic carbocycles. The van der Waals surface area contributed by atoms with Gasteiger partial charge < -0.3 is 19.9 Å². The maximum absolute atomic E-state index is 9.78. The minimum atomic E-state index is -0.274. The summed E-state index contributed by atoms with van der Waals surface area (Å²) in [5.41, 5.74) is 2.01. The van der Waals surface area contributed by atoms with Crippen molar-refractivity contribution in [1.29, 1.82) is 0 Å². The summed E-state index contributed by atoms with van der Waals surface area (Å²) in [4.78, 5) is 0. The number of ether oxygens (including phenoxy) is 2. The van der Waals surface area contributed by atoms with Crippen molar-refractivity contribution in [2.45, 2.75) is 26.2 Å². The second-order valence-corrected chi connectivity index (χ2v) is 4.09. The number of aromatic hydroxyl groups is 1. The van der Waals surface area contributed by atoms with Crippen molar-refractivity contribution in [3.8, 4) is 5.75 Å². The summed E-state index contributed by atoms with van der Waals surface area (Å²) in [5, 5.41) is 13.0. The lowest BCUT2D eigenvalue weighted by Crippen LogP contribution is -2.31. The van der Waals surface area contributed by atoms with Crippen LogP contribution in [0.3, 0.4) is 0 Å². The molecule has 0 aromatic heterocycles. The molecule has 2 N–H and O–H groups in total. The number of hydrogen-bond donors (Lipinski definition) is 2. The number of phenols is 1. The number of nitrogens with one attached hydrogen (secondary N) is 1. The number of phenolic OH excluding ortho intramolecular Hbond substituents is 1. The van der Waals surface area contributed by atoms with Gasteiger partial charge in [0.15, 0.2) is 6.29 Å². The first kappa shape index (κ1) is 14.0. The molecule has 4 heteroatoms. The molecule has 1 unspecified atom stereocenters. The van der Waals surface area contributed by atoms with Crippen molar-refractivity contribution in [3.05, 3.63) is 29.3 Å². The molecule has 0 spiro atoms. The van der Waals surface area contributed by atoms with Crippen molar-refractivity contribution in [3.63, 3.8) is 0 Å². The fourth-order valence-electron chi connectivity index (χ4n) is 1.67. The highest BCUT2D eigenvalue weighted by Gasteiger charge is 2.12. The van der Waals surface area contributed by atoms with Crippen LogP contribution in [-0.2, 0) is 9.47 Å². The third-order valence-electron chi connectivity index (χ3n) is 2.77. The minimum absolute atomic E-state index is 0.0442. The number of hydrogen-bond acceptors (Lipinski definition) is 4. The van der Waals surface area contributed by atoms with Crippen molar-refractivity contribution in [1.82, 2.24) is 5.32 Å². The van der Waals surface area contributed by atoms with Crippen LogP contribution in [0.5, 0.6) is 5.75 Å². The Morgan fingerprint density at radius 2 is 1.94 bits per heavy atom. The molecule has 0 radical (unpaired) electrons. The zero-order valence-corrected chi connectivity index (χ0v) is 10.9. The summed E-state index contributed by atoms with van der Waals surface area (Å²) in [6, 6.07) is 5.62. The van der Waals surface area contributed by atoms with Gasteiger partial charge in [0, 0.05) is 32.4 Å². The summed E-state index contributed by atoms with van der Waals surface area (Å²) < 4.78 is 10.2. The zero-order chi connectivity index (χ0) is 12.8. The Bertz CT molecular complexity index is 351. The molecule has 0 heterocycles. The minimum Gasteiger partial charge on any atom is -0.508 e. The molecule has 17 heavy (non-hydrogen) atoms. The Morgan fingerprint density at radius 1 is 1.29 bits per heavy atom. The van der Waals surface area contributed by atoms with Gasteiger partial charge in [-0.05, 0) is 19.9 Å². The smallest absolute Gasteiger partial charge is 0.169 e. The molecular formula is C13H21NO3. The lowest BCUT2D eigenvalue weighted by molar-refractivity contribution is -0.0997. The summed E-state index contributed by atoms with van der Waals surface area (Å²) in [5.74, 6) is 0.307. The van der Waals surface area contributed by atoms with Gasteiger partial charge in [-0.1, -0.05) is 17.7 Å². The maximum Gasteiger partial charge on any atom is 0.169 e. The van der Waals surface area contributed by atoms with Crippen molar-refractivity contribution >= 4 is 0 Å². The van der Waals surface area contributed by atoms with Crippen LogP contribution in [0.4, 0.5) is 0 Å². The van der Waals surface area contributed by atoms with Gasteiger partial charge in [0.1, 0.15) is 5.75 Å². The van der Waals surface area contributed by atoms with E-state index in [-0.39, 0.29) is 12.3 Å². The first-order valence-electron chi connectivity index (χ1n) is 5.67. The van der Waals surface area contributed by atoms with E-state index < -0.39 is 0 Å². The lowest BCUT2D eigenvalue weighted by atomic mass is 10.0. The van der Waals surface area contributed by atoms with E-state index in [1.807, 2.05) is 26.0 Å². The zero-order valence-electron chi connectivity index (χ0n) is 10.9. The molecule has 96 valence electrons. The number of benzene rings is 1. The predicted octanol–water partition coefficient (Wildman–Crippen LogP) is 1.97. The van der Waals surface area contributed by atoms with Crippen LogP contribution in [0.1, 0.15) is 24.1 Å². The van der Waals surface area contributed by atoms with Crippen LogP contribution in [0.2, 0.25) is 0 Å². The molecule has 0 fully saturated rings. The Hall–Kier alpha value is -1.10. The van der Waals surface area contributed by atoms with Crippen LogP contribution in [0.25, 0.3) is 0 Å². The molecule has 0 bridgehead atoms. The van der Waals surface area contributed by atoms with Crippen molar-refractivity contribution in [2.24, 2.45) is 0 Å². The Balaban J connectivity index is 2.63. The lowest BCUT2D eigenvalue weighted by Gasteiger charge is -2.19. The maximum atomic E-state index is 9.78.